The van der Waals surface area contributed by atoms with Crippen molar-refractivity contribution in [2.75, 3.05) is 19.6 Å². The predicted molar refractivity (Wildman–Crippen MR) is 121 cm³/mol. The van der Waals surface area contributed by atoms with Crippen LogP contribution in [0.2, 0.25) is 0 Å². The highest BCUT2D eigenvalue weighted by Crippen LogP contribution is 2.26. The summed E-state index contributed by atoms with van der Waals surface area (Å²) in [6.45, 7) is 15.9. The molecule has 0 atom stereocenters. The lowest BCUT2D eigenvalue weighted by Crippen LogP contribution is -2.46. The first kappa shape index (κ1) is 22.2. The third kappa shape index (κ3) is 3.78. The first-order chi connectivity index (χ1) is 14.3. The Morgan fingerprint density at radius 2 is 1.67 bits per heavy atom. The maximum atomic E-state index is 12.7. The molecule has 0 aromatic heterocycles. The Balaban J connectivity index is 2.33. The fourth-order valence-electron chi connectivity index (χ4n) is 4.19. The number of hydrogen-bond donors (Lipinski definition) is 0. The van der Waals surface area contributed by atoms with Crippen LogP contribution in [0.4, 0.5) is 0 Å². The van der Waals surface area contributed by atoms with Crippen molar-refractivity contribution in [2.45, 2.75) is 60.5 Å². The average molecular weight is 413 g/mol. The van der Waals surface area contributed by atoms with Crippen LogP contribution in [-0.4, -0.2) is 43.2 Å². The van der Waals surface area contributed by atoms with Crippen molar-refractivity contribution in [3.63, 3.8) is 0 Å². The molecule has 3 rings (SSSR count). The quantitative estimate of drug-likeness (QED) is 0.421. The minimum atomic E-state index is -0.537. The highest BCUT2D eigenvalue weighted by atomic mass is 16.2. The first-order valence-corrected chi connectivity index (χ1v) is 11.1. The molecule has 1 aromatic rings. The molecule has 0 amide bonds. The van der Waals surface area contributed by atoms with E-state index in [1.807, 2.05) is 4.57 Å². The monoisotopic (exact) mass is 412 g/mol. The smallest absolute Gasteiger partial charge is 0.322 e. The number of nitrogens with zero attached hydrogens (tertiary/aromatic N) is 5. The Kier molecular flexibility index (Phi) is 6.41. The molecule has 0 saturated carbocycles. The number of fused-ring (bicyclic) bond motifs is 2. The van der Waals surface area contributed by atoms with Gasteiger partial charge >= 0.3 is 5.69 Å². The first-order valence-electron chi connectivity index (χ1n) is 11.1. The standard InChI is InChI=1S/C23H34N5O2/c1-7-11-12-27-19-14-17(15-28(8-2,9-3)10-4)16(5)13-18(19)24-20-21(27)25-23(30)26(6)22(20)29/h13-14H,7-12,15H2,1-6H3/q+1. The molecule has 0 spiro atoms. The van der Waals surface area contributed by atoms with Crippen molar-refractivity contribution in [1.82, 2.24) is 19.1 Å². The number of rotatable bonds is 8. The molecule has 30 heavy (non-hydrogen) atoms. The van der Waals surface area contributed by atoms with Gasteiger partial charge in [-0.25, -0.2) is 9.78 Å². The number of benzene rings is 1. The Bertz CT molecular complexity index is 1130. The van der Waals surface area contributed by atoms with E-state index in [1.54, 1.807) is 0 Å². The molecule has 1 aromatic carbocycles. The van der Waals surface area contributed by atoms with E-state index in [4.69, 9.17) is 0 Å². The van der Waals surface area contributed by atoms with Crippen LogP contribution in [0, 0.1) is 6.92 Å². The van der Waals surface area contributed by atoms with Crippen molar-refractivity contribution in [1.29, 1.82) is 0 Å². The third-order valence-electron chi connectivity index (χ3n) is 6.67. The highest BCUT2D eigenvalue weighted by molar-refractivity contribution is 5.81. The fraction of sp³-hybridized carbons (Fsp3) is 0.565. The Morgan fingerprint density at radius 1 is 1.00 bits per heavy atom. The maximum Gasteiger partial charge on any atom is 0.352 e. The van der Waals surface area contributed by atoms with Crippen molar-refractivity contribution in [3.8, 4) is 11.5 Å². The van der Waals surface area contributed by atoms with Crippen LogP contribution in [-0.2, 0) is 20.1 Å². The van der Waals surface area contributed by atoms with Gasteiger partial charge in [-0.15, -0.1) is 0 Å². The zero-order valence-electron chi connectivity index (χ0n) is 19.2. The molecule has 162 valence electrons. The van der Waals surface area contributed by atoms with E-state index in [0.717, 1.165) is 59.1 Å². The second-order valence-electron chi connectivity index (χ2n) is 8.26. The Labute approximate surface area is 177 Å². The zero-order chi connectivity index (χ0) is 22.1. The lowest BCUT2D eigenvalue weighted by atomic mass is 10.0. The third-order valence-corrected chi connectivity index (χ3v) is 6.67. The van der Waals surface area contributed by atoms with Crippen LogP contribution in [0.5, 0.6) is 0 Å². The van der Waals surface area contributed by atoms with Crippen LogP contribution in [0.15, 0.2) is 21.7 Å². The van der Waals surface area contributed by atoms with E-state index in [2.05, 4.69) is 56.7 Å². The van der Waals surface area contributed by atoms with Gasteiger partial charge in [0, 0.05) is 19.2 Å². The summed E-state index contributed by atoms with van der Waals surface area (Å²) in [5.41, 5.74) is 3.51. The number of unbranched alkanes of at least 4 members (excludes halogenated alkanes) is 1. The van der Waals surface area contributed by atoms with Gasteiger partial charge in [-0.2, -0.15) is 4.98 Å². The number of aryl methyl sites for hydroxylation is 2. The van der Waals surface area contributed by atoms with Gasteiger partial charge in [0.25, 0.3) is 5.56 Å². The van der Waals surface area contributed by atoms with Gasteiger partial charge in [-0.3, -0.25) is 9.36 Å². The summed E-state index contributed by atoms with van der Waals surface area (Å²) in [5.74, 6) is 0.390. The second-order valence-corrected chi connectivity index (χ2v) is 8.26. The van der Waals surface area contributed by atoms with Gasteiger partial charge in [0.2, 0.25) is 0 Å². The summed E-state index contributed by atoms with van der Waals surface area (Å²) < 4.78 is 4.07. The van der Waals surface area contributed by atoms with Gasteiger partial charge in [-0.1, -0.05) is 13.3 Å². The van der Waals surface area contributed by atoms with Gasteiger partial charge < -0.3 is 9.05 Å². The summed E-state index contributed by atoms with van der Waals surface area (Å²) in [6.07, 6.45) is 1.94. The molecule has 0 saturated heterocycles. The zero-order valence-corrected chi connectivity index (χ0v) is 19.2. The van der Waals surface area contributed by atoms with Gasteiger partial charge in [-0.05, 0) is 51.8 Å². The molecular weight excluding hydrogens is 378 g/mol. The summed E-state index contributed by atoms with van der Waals surface area (Å²) in [5, 5.41) is 0. The van der Waals surface area contributed by atoms with E-state index < -0.39 is 11.2 Å². The molecular formula is C23H34N5O2+. The van der Waals surface area contributed by atoms with Gasteiger partial charge in [0.1, 0.15) is 6.54 Å². The second kappa shape index (κ2) is 8.68. The molecule has 0 N–H and O–H groups in total. The molecule has 7 heteroatoms. The minimum absolute atomic E-state index is 0.258. The van der Waals surface area contributed by atoms with Crippen LogP contribution in [0.25, 0.3) is 22.6 Å². The molecule has 2 heterocycles. The highest BCUT2D eigenvalue weighted by Gasteiger charge is 2.25. The van der Waals surface area contributed by atoms with Crippen LogP contribution in [0.3, 0.4) is 0 Å². The molecule has 0 bridgehead atoms. The number of aromatic nitrogens is 4. The number of hydrogen-bond acceptors (Lipinski definition) is 4. The molecule has 0 fully saturated rings. The van der Waals surface area contributed by atoms with Crippen LogP contribution in [0.1, 0.15) is 51.7 Å². The molecule has 2 aliphatic rings. The van der Waals surface area contributed by atoms with E-state index in [0.29, 0.717) is 12.4 Å². The predicted octanol–water partition coefficient (Wildman–Crippen LogP) is 3.08. The lowest BCUT2D eigenvalue weighted by Gasteiger charge is -2.36. The van der Waals surface area contributed by atoms with E-state index >= 15 is 0 Å². The SMILES string of the molecule is CCCCn1c2nc(=O)n(C)c(=O)c-2nc2cc(C)c(C[N+](CC)(CC)CC)cc21. The van der Waals surface area contributed by atoms with Gasteiger partial charge in [0.05, 0.1) is 30.7 Å². The number of quaternary nitrogens is 1. The Morgan fingerprint density at radius 3 is 2.27 bits per heavy atom. The van der Waals surface area contributed by atoms with Gasteiger partial charge in [0.15, 0.2) is 11.5 Å². The Hall–Kier alpha value is -2.54. The molecule has 0 aliphatic carbocycles. The minimum Gasteiger partial charge on any atom is -0.322 e. The van der Waals surface area contributed by atoms with Crippen LogP contribution >= 0.6 is 0 Å². The fourth-order valence-corrected chi connectivity index (χ4v) is 4.19. The normalized spacial score (nSPS) is 12.2. The lowest BCUT2D eigenvalue weighted by molar-refractivity contribution is -0.936. The van der Waals surface area contributed by atoms with Crippen molar-refractivity contribution < 1.29 is 4.48 Å². The average Bonchev–Trinajstić information content (AvgIpc) is 2.75. The van der Waals surface area contributed by atoms with Crippen molar-refractivity contribution in [2.24, 2.45) is 7.05 Å². The molecule has 0 radical (unpaired) electrons. The van der Waals surface area contributed by atoms with E-state index in [-0.39, 0.29) is 5.69 Å². The summed E-state index contributed by atoms with van der Waals surface area (Å²) >= 11 is 0. The van der Waals surface area contributed by atoms with Crippen LogP contribution < -0.4 is 11.2 Å². The molecule has 0 unspecified atom stereocenters. The largest absolute Gasteiger partial charge is 0.352 e. The van der Waals surface area contributed by atoms with E-state index in [9.17, 15) is 9.59 Å². The topological polar surface area (TPSA) is 69.8 Å². The van der Waals surface area contributed by atoms with E-state index in [1.165, 1.54) is 18.2 Å². The molecule has 2 aliphatic heterocycles. The summed E-state index contributed by atoms with van der Waals surface area (Å²) in [6, 6.07) is 4.27. The summed E-state index contributed by atoms with van der Waals surface area (Å²) in [4.78, 5) is 33.8. The summed E-state index contributed by atoms with van der Waals surface area (Å²) in [7, 11) is 1.45. The molecule has 7 nitrogen and oxygen atoms in total. The van der Waals surface area contributed by atoms with Crippen molar-refractivity contribution in [3.05, 3.63) is 44.1 Å². The maximum absolute atomic E-state index is 12.7. The van der Waals surface area contributed by atoms with Crippen molar-refractivity contribution >= 4 is 11.0 Å².